The molecule has 1 saturated heterocycles. The summed E-state index contributed by atoms with van der Waals surface area (Å²) in [7, 11) is 0. The van der Waals surface area contributed by atoms with Crippen LogP contribution in [0.5, 0.6) is 0 Å². The lowest BCUT2D eigenvalue weighted by molar-refractivity contribution is 0.774. The quantitative estimate of drug-likeness (QED) is 0.929. The number of hydrogen-bond acceptors (Lipinski definition) is 2. The van der Waals surface area contributed by atoms with Gasteiger partial charge in [-0.1, -0.05) is 48.0 Å². The summed E-state index contributed by atoms with van der Waals surface area (Å²) in [6.07, 6.45) is 2.09. The van der Waals surface area contributed by atoms with E-state index in [0.29, 0.717) is 12.5 Å². The highest BCUT2D eigenvalue weighted by Gasteiger charge is 2.25. The maximum atomic E-state index is 6.19. The number of nitrogens with two attached hydrogens (primary N) is 1. The average molecular weight is 301 g/mol. The largest absolute Gasteiger partial charge is 0.371 e. The van der Waals surface area contributed by atoms with Crippen LogP contribution in [0.1, 0.15) is 23.5 Å². The van der Waals surface area contributed by atoms with E-state index in [9.17, 15) is 0 Å². The smallest absolute Gasteiger partial charge is 0.0426 e. The van der Waals surface area contributed by atoms with E-state index in [1.54, 1.807) is 0 Å². The fraction of sp³-hybridized carbons (Fsp3) is 0.333. The summed E-state index contributed by atoms with van der Waals surface area (Å²) in [5.41, 5.74) is 9.72. The molecule has 3 rings (SSSR count). The molecule has 3 heteroatoms. The fourth-order valence-electron chi connectivity index (χ4n) is 3.17. The zero-order valence-electron chi connectivity index (χ0n) is 12.1. The minimum absolute atomic E-state index is 0.607. The zero-order chi connectivity index (χ0) is 14.7. The van der Waals surface area contributed by atoms with Crippen LogP contribution in [0, 0.1) is 0 Å². The van der Waals surface area contributed by atoms with Gasteiger partial charge >= 0.3 is 0 Å². The lowest BCUT2D eigenvalue weighted by atomic mass is 9.99. The van der Waals surface area contributed by atoms with Gasteiger partial charge in [0.25, 0.3) is 0 Å². The molecule has 2 aromatic carbocycles. The van der Waals surface area contributed by atoms with Crippen LogP contribution in [0.2, 0.25) is 5.02 Å². The summed E-state index contributed by atoms with van der Waals surface area (Å²) in [6.45, 7) is 2.81. The van der Waals surface area contributed by atoms with Gasteiger partial charge in [-0.3, -0.25) is 0 Å². The molecule has 0 aromatic heterocycles. The molecule has 1 unspecified atom stereocenters. The van der Waals surface area contributed by atoms with Gasteiger partial charge in [0, 0.05) is 29.7 Å². The van der Waals surface area contributed by atoms with Gasteiger partial charge in [0.15, 0.2) is 0 Å². The van der Waals surface area contributed by atoms with Crippen molar-refractivity contribution >= 4 is 17.3 Å². The van der Waals surface area contributed by atoms with Crippen molar-refractivity contribution in [2.24, 2.45) is 5.73 Å². The maximum Gasteiger partial charge on any atom is 0.0426 e. The normalized spacial score (nSPS) is 18.2. The minimum atomic E-state index is 0.607. The number of benzene rings is 2. The molecule has 2 aromatic rings. The van der Waals surface area contributed by atoms with E-state index < -0.39 is 0 Å². The second-order valence-electron chi connectivity index (χ2n) is 5.65. The summed E-state index contributed by atoms with van der Waals surface area (Å²) in [5, 5.41) is 0.800. The number of hydrogen-bond donors (Lipinski definition) is 1. The highest BCUT2D eigenvalue weighted by atomic mass is 35.5. The lowest BCUT2D eigenvalue weighted by Crippen LogP contribution is -2.21. The van der Waals surface area contributed by atoms with Crippen molar-refractivity contribution in [1.82, 2.24) is 0 Å². The lowest BCUT2D eigenvalue weighted by Gasteiger charge is -2.22. The van der Waals surface area contributed by atoms with Gasteiger partial charge in [-0.2, -0.15) is 0 Å². The molecule has 0 amide bonds. The molecule has 110 valence electrons. The Hall–Kier alpha value is -1.51. The molecule has 0 spiro atoms. The van der Waals surface area contributed by atoms with Crippen molar-refractivity contribution < 1.29 is 0 Å². The molecular formula is C18H21ClN2. The highest BCUT2D eigenvalue weighted by Crippen LogP contribution is 2.33. The van der Waals surface area contributed by atoms with Gasteiger partial charge in [-0.25, -0.2) is 0 Å². The molecule has 1 fully saturated rings. The Labute approximate surface area is 131 Å². The molecule has 0 radical (unpaired) electrons. The van der Waals surface area contributed by atoms with E-state index >= 15 is 0 Å². The summed E-state index contributed by atoms with van der Waals surface area (Å²) in [5.74, 6) is 0.607. The Bertz CT molecular complexity index is 597. The molecule has 1 heterocycles. The van der Waals surface area contributed by atoms with Crippen LogP contribution in [0.25, 0.3) is 0 Å². The van der Waals surface area contributed by atoms with Gasteiger partial charge in [0.05, 0.1) is 0 Å². The first-order valence-corrected chi connectivity index (χ1v) is 7.94. The first-order valence-electron chi connectivity index (χ1n) is 7.56. The second-order valence-corrected chi connectivity index (χ2v) is 6.09. The Balaban J connectivity index is 1.81. The minimum Gasteiger partial charge on any atom is -0.371 e. The SMILES string of the molecule is NCCc1ccc(Cl)cc1N1CCC(c2ccccc2)C1. The van der Waals surface area contributed by atoms with E-state index in [0.717, 1.165) is 24.5 Å². The topological polar surface area (TPSA) is 29.3 Å². The van der Waals surface area contributed by atoms with Crippen molar-refractivity contribution in [3.63, 3.8) is 0 Å². The van der Waals surface area contributed by atoms with E-state index in [1.165, 1.54) is 23.2 Å². The molecule has 1 aliphatic rings. The van der Waals surface area contributed by atoms with Gasteiger partial charge in [0.1, 0.15) is 0 Å². The molecule has 21 heavy (non-hydrogen) atoms. The van der Waals surface area contributed by atoms with Gasteiger partial charge in [0.2, 0.25) is 0 Å². The van der Waals surface area contributed by atoms with Crippen LogP contribution in [0.3, 0.4) is 0 Å². The fourth-order valence-corrected chi connectivity index (χ4v) is 3.34. The van der Waals surface area contributed by atoms with Crippen molar-refractivity contribution in [3.05, 3.63) is 64.7 Å². The van der Waals surface area contributed by atoms with Crippen LogP contribution in [-0.4, -0.2) is 19.6 Å². The number of halogens is 1. The first-order chi connectivity index (χ1) is 10.3. The van der Waals surface area contributed by atoms with Crippen LogP contribution >= 0.6 is 11.6 Å². The first kappa shape index (κ1) is 14.4. The Morgan fingerprint density at radius 2 is 1.95 bits per heavy atom. The number of nitrogens with zero attached hydrogens (tertiary/aromatic N) is 1. The molecule has 2 nitrogen and oxygen atoms in total. The highest BCUT2D eigenvalue weighted by molar-refractivity contribution is 6.30. The van der Waals surface area contributed by atoms with Gasteiger partial charge < -0.3 is 10.6 Å². The number of anilines is 1. The monoisotopic (exact) mass is 300 g/mol. The van der Waals surface area contributed by atoms with Crippen LogP contribution in [0.15, 0.2) is 48.5 Å². The summed E-state index contributed by atoms with van der Waals surface area (Å²) in [6, 6.07) is 16.9. The van der Waals surface area contributed by atoms with Crippen molar-refractivity contribution in [1.29, 1.82) is 0 Å². The van der Waals surface area contributed by atoms with Crippen molar-refractivity contribution in [2.75, 3.05) is 24.5 Å². The van der Waals surface area contributed by atoms with E-state index in [4.69, 9.17) is 17.3 Å². The molecule has 0 aliphatic carbocycles. The zero-order valence-corrected chi connectivity index (χ0v) is 12.9. The summed E-state index contributed by atoms with van der Waals surface area (Å²) in [4.78, 5) is 2.45. The predicted molar refractivity (Wildman–Crippen MR) is 90.2 cm³/mol. The molecule has 0 bridgehead atoms. The summed E-state index contributed by atoms with van der Waals surface area (Å²) < 4.78 is 0. The standard InChI is InChI=1S/C18H21ClN2/c19-17-7-6-15(8-10-20)18(12-17)21-11-9-16(13-21)14-4-2-1-3-5-14/h1-7,12,16H,8-11,13,20H2. The Morgan fingerprint density at radius 1 is 1.14 bits per heavy atom. The van der Waals surface area contributed by atoms with Crippen LogP contribution < -0.4 is 10.6 Å². The molecule has 1 aliphatic heterocycles. The number of rotatable bonds is 4. The van der Waals surface area contributed by atoms with Gasteiger partial charge in [-0.15, -0.1) is 0 Å². The third-order valence-electron chi connectivity index (χ3n) is 4.26. The Morgan fingerprint density at radius 3 is 2.71 bits per heavy atom. The van der Waals surface area contributed by atoms with Gasteiger partial charge in [-0.05, 0) is 42.6 Å². The molecule has 1 atom stereocenters. The maximum absolute atomic E-state index is 6.19. The summed E-state index contributed by atoms with van der Waals surface area (Å²) >= 11 is 6.19. The van der Waals surface area contributed by atoms with Crippen molar-refractivity contribution in [2.45, 2.75) is 18.8 Å². The van der Waals surface area contributed by atoms with E-state index in [2.05, 4.69) is 47.4 Å². The third-order valence-corrected chi connectivity index (χ3v) is 4.50. The average Bonchev–Trinajstić information content (AvgIpc) is 3.00. The Kier molecular flexibility index (Phi) is 4.47. The molecule has 0 saturated carbocycles. The van der Waals surface area contributed by atoms with Crippen LogP contribution in [0.4, 0.5) is 5.69 Å². The van der Waals surface area contributed by atoms with E-state index in [1.807, 2.05) is 6.07 Å². The predicted octanol–water partition coefficient (Wildman–Crippen LogP) is 3.84. The van der Waals surface area contributed by atoms with Crippen LogP contribution in [-0.2, 0) is 6.42 Å². The second kappa shape index (κ2) is 6.50. The van der Waals surface area contributed by atoms with Crippen molar-refractivity contribution in [3.8, 4) is 0 Å². The molecular weight excluding hydrogens is 280 g/mol. The third kappa shape index (κ3) is 3.22. The van der Waals surface area contributed by atoms with E-state index in [-0.39, 0.29) is 0 Å². The molecule has 2 N–H and O–H groups in total.